The van der Waals surface area contributed by atoms with Crippen LogP contribution in [0.3, 0.4) is 0 Å². The molecule has 3 aromatic heterocycles. The highest BCUT2D eigenvalue weighted by Crippen LogP contribution is 2.42. The molecule has 0 saturated heterocycles. The number of benzene rings is 7. The Morgan fingerprint density at radius 1 is 0.314 bits per heavy atom. The molecule has 0 fully saturated rings. The lowest BCUT2D eigenvalue weighted by Crippen LogP contribution is -2.00. The van der Waals surface area contributed by atoms with Crippen molar-refractivity contribution < 1.29 is 4.42 Å². The van der Waals surface area contributed by atoms with Crippen LogP contribution in [0.4, 0.5) is 0 Å². The molecule has 3 heterocycles. The number of aromatic nitrogens is 4. The minimum absolute atomic E-state index is 0.622. The highest BCUT2D eigenvalue weighted by Gasteiger charge is 2.18. The van der Waals surface area contributed by atoms with Gasteiger partial charge in [0.15, 0.2) is 17.5 Å². The summed E-state index contributed by atoms with van der Waals surface area (Å²) in [5.41, 5.74) is 9.62. The second-order valence-electron chi connectivity index (χ2n) is 12.6. The van der Waals surface area contributed by atoms with Crippen LogP contribution in [0.1, 0.15) is 0 Å². The van der Waals surface area contributed by atoms with Crippen LogP contribution in [0.15, 0.2) is 174 Å². The summed E-state index contributed by atoms with van der Waals surface area (Å²) in [5.74, 6) is 1.90. The molecule has 0 atom stereocenters. The molecule has 0 radical (unpaired) electrons. The highest BCUT2D eigenvalue weighted by atomic mass is 16.3. The molecule has 10 aromatic rings. The smallest absolute Gasteiger partial charge is 0.164 e. The second-order valence-corrected chi connectivity index (χ2v) is 12.6. The van der Waals surface area contributed by atoms with Gasteiger partial charge in [0.1, 0.15) is 11.2 Å². The average Bonchev–Trinajstić information content (AvgIpc) is 3.60. The SMILES string of the molecule is c1ccc(-c2nc(-c3ccccc3)nc(-c3cccc(-c4ccc5nc(-c6ccccc6)c6ccc7oc8ccccc8c7c6c5c4)c3)n2)cc1. The van der Waals surface area contributed by atoms with Crippen LogP contribution >= 0.6 is 0 Å². The number of hydrogen-bond donors (Lipinski definition) is 0. The first-order valence-electron chi connectivity index (χ1n) is 17.0. The maximum atomic E-state index is 6.38. The van der Waals surface area contributed by atoms with E-state index < -0.39 is 0 Å². The van der Waals surface area contributed by atoms with Crippen LogP contribution < -0.4 is 0 Å². The van der Waals surface area contributed by atoms with Gasteiger partial charge in [-0.1, -0.05) is 133 Å². The average molecular weight is 653 g/mol. The van der Waals surface area contributed by atoms with Crippen molar-refractivity contribution >= 4 is 43.6 Å². The summed E-state index contributed by atoms with van der Waals surface area (Å²) < 4.78 is 6.38. The number of fused-ring (bicyclic) bond motifs is 7. The maximum absolute atomic E-state index is 6.38. The molecule has 51 heavy (non-hydrogen) atoms. The zero-order chi connectivity index (χ0) is 33.7. The van der Waals surface area contributed by atoms with E-state index in [1.807, 2.05) is 78.9 Å². The van der Waals surface area contributed by atoms with Gasteiger partial charge in [0.05, 0.1) is 11.2 Å². The molecule has 10 rings (SSSR count). The van der Waals surface area contributed by atoms with Gasteiger partial charge in [0, 0.05) is 49.2 Å². The Labute approximate surface area is 293 Å². The summed E-state index contributed by atoms with van der Waals surface area (Å²) in [6, 6.07) is 58.0. The van der Waals surface area contributed by atoms with E-state index in [2.05, 4.69) is 91.0 Å². The number of nitrogens with zero attached hydrogens (tertiary/aromatic N) is 4. The Kier molecular flexibility index (Phi) is 6.74. The summed E-state index contributed by atoms with van der Waals surface area (Å²) in [6.45, 7) is 0. The largest absolute Gasteiger partial charge is 0.456 e. The number of furan rings is 1. The monoisotopic (exact) mass is 652 g/mol. The van der Waals surface area contributed by atoms with Crippen LogP contribution in [-0.2, 0) is 0 Å². The fraction of sp³-hybridized carbons (Fsp3) is 0. The van der Waals surface area contributed by atoms with Crippen LogP contribution in [0, 0.1) is 0 Å². The molecule has 0 N–H and O–H groups in total. The number of rotatable bonds is 5. The predicted octanol–water partition coefficient (Wildman–Crippen LogP) is 11.8. The van der Waals surface area contributed by atoms with Gasteiger partial charge in [-0.05, 0) is 47.5 Å². The fourth-order valence-electron chi connectivity index (χ4n) is 7.08. The lowest BCUT2D eigenvalue weighted by Gasteiger charge is -2.13. The topological polar surface area (TPSA) is 64.7 Å². The Balaban J connectivity index is 1.18. The van der Waals surface area contributed by atoms with Crippen molar-refractivity contribution in [2.75, 3.05) is 0 Å². The maximum Gasteiger partial charge on any atom is 0.164 e. The summed E-state index contributed by atoms with van der Waals surface area (Å²) in [7, 11) is 0. The summed E-state index contributed by atoms with van der Waals surface area (Å²) >= 11 is 0. The molecule has 7 aromatic carbocycles. The van der Waals surface area contributed by atoms with Crippen LogP contribution in [0.2, 0.25) is 0 Å². The molecular weight excluding hydrogens is 625 g/mol. The Bertz CT molecular complexity index is 2840. The fourth-order valence-corrected chi connectivity index (χ4v) is 7.08. The van der Waals surface area contributed by atoms with E-state index in [4.69, 9.17) is 24.4 Å². The third-order valence-corrected chi connectivity index (χ3v) is 9.50. The van der Waals surface area contributed by atoms with Crippen molar-refractivity contribution in [2.24, 2.45) is 0 Å². The highest BCUT2D eigenvalue weighted by molar-refractivity contribution is 6.28. The van der Waals surface area contributed by atoms with E-state index in [1.54, 1.807) is 0 Å². The quantitative estimate of drug-likeness (QED) is 0.173. The molecule has 0 bridgehead atoms. The molecule has 238 valence electrons. The van der Waals surface area contributed by atoms with Gasteiger partial charge in [-0.25, -0.2) is 19.9 Å². The van der Waals surface area contributed by atoms with Gasteiger partial charge in [-0.2, -0.15) is 0 Å². The first-order valence-corrected chi connectivity index (χ1v) is 17.0. The van der Waals surface area contributed by atoms with Crippen molar-refractivity contribution in [3.8, 4) is 56.5 Å². The van der Waals surface area contributed by atoms with Crippen molar-refractivity contribution in [2.45, 2.75) is 0 Å². The molecular formula is C46H28N4O. The van der Waals surface area contributed by atoms with Crippen LogP contribution in [0.25, 0.3) is 100 Å². The van der Waals surface area contributed by atoms with E-state index >= 15 is 0 Å². The lowest BCUT2D eigenvalue weighted by molar-refractivity contribution is 0.669. The van der Waals surface area contributed by atoms with Crippen LogP contribution in [0.5, 0.6) is 0 Å². The minimum atomic E-state index is 0.622. The standard InChI is InChI=1S/C46H28N4O/c1-4-13-29(14-5-1)43-36-24-26-40-42(35-21-10-11-22-39(35)51-40)41(36)37-28-33(23-25-38(37)47-43)32-19-12-20-34(27-32)46-49-44(30-15-6-2-7-16-30)48-45(50-46)31-17-8-3-9-18-31/h1-28H. The first kappa shape index (κ1) is 29.0. The van der Waals surface area contributed by atoms with Gasteiger partial charge in [0.25, 0.3) is 0 Å². The molecule has 0 saturated carbocycles. The molecule has 5 heteroatoms. The van der Waals surface area contributed by atoms with E-state index in [0.29, 0.717) is 17.5 Å². The predicted molar refractivity (Wildman–Crippen MR) is 207 cm³/mol. The Morgan fingerprint density at radius 3 is 1.59 bits per heavy atom. The van der Waals surface area contributed by atoms with Crippen molar-refractivity contribution in [1.82, 2.24) is 19.9 Å². The third-order valence-electron chi connectivity index (χ3n) is 9.50. The number of pyridine rings is 1. The van der Waals surface area contributed by atoms with E-state index in [-0.39, 0.29) is 0 Å². The van der Waals surface area contributed by atoms with Crippen LogP contribution in [-0.4, -0.2) is 19.9 Å². The first-order chi connectivity index (χ1) is 25.3. The van der Waals surface area contributed by atoms with Gasteiger partial charge in [-0.3, -0.25) is 0 Å². The Hall–Kier alpha value is -6.98. The Morgan fingerprint density at radius 2 is 0.882 bits per heavy atom. The summed E-state index contributed by atoms with van der Waals surface area (Å²) in [5, 5.41) is 5.49. The molecule has 0 aliphatic rings. The zero-order valence-electron chi connectivity index (χ0n) is 27.4. The molecule has 0 unspecified atom stereocenters. The molecule has 0 spiro atoms. The summed E-state index contributed by atoms with van der Waals surface area (Å²) in [4.78, 5) is 20.1. The van der Waals surface area contributed by atoms with E-state index in [9.17, 15) is 0 Å². The zero-order valence-corrected chi connectivity index (χ0v) is 27.4. The third kappa shape index (κ3) is 5.03. The molecule has 0 amide bonds. The normalized spacial score (nSPS) is 11.5. The summed E-state index contributed by atoms with van der Waals surface area (Å²) in [6.07, 6.45) is 0. The van der Waals surface area contributed by atoms with Gasteiger partial charge < -0.3 is 4.42 Å². The van der Waals surface area contributed by atoms with Crippen molar-refractivity contribution in [1.29, 1.82) is 0 Å². The molecule has 0 aliphatic heterocycles. The number of para-hydroxylation sites is 1. The lowest BCUT2D eigenvalue weighted by atomic mass is 9.94. The van der Waals surface area contributed by atoms with Crippen molar-refractivity contribution in [3.63, 3.8) is 0 Å². The molecule has 5 nitrogen and oxygen atoms in total. The minimum Gasteiger partial charge on any atom is -0.456 e. The number of hydrogen-bond acceptors (Lipinski definition) is 5. The van der Waals surface area contributed by atoms with Gasteiger partial charge in [-0.15, -0.1) is 0 Å². The van der Waals surface area contributed by atoms with E-state index in [0.717, 1.165) is 82.7 Å². The van der Waals surface area contributed by atoms with Crippen molar-refractivity contribution in [3.05, 3.63) is 170 Å². The molecule has 0 aliphatic carbocycles. The second kappa shape index (κ2) is 11.9. The van der Waals surface area contributed by atoms with E-state index in [1.165, 1.54) is 0 Å². The van der Waals surface area contributed by atoms with Gasteiger partial charge in [0.2, 0.25) is 0 Å². The van der Waals surface area contributed by atoms with Gasteiger partial charge >= 0.3 is 0 Å².